The maximum atomic E-state index is 11.2. The number of rotatable bonds is 16. The third-order valence-electron chi connectivity index (χ3n) is 20.9. The number of fused-ring (bicyclic) bond motifs is 4. The summed E-state index contributed by atoms with van der Waals surface area (Å²) in [5.41, 5.74) is 20.8. The molecule has 2 aliphatic heterocycles. The van der Waals surface area contributed by atoms with Gasteiger partial charge in [0.1, 0.15) is 45.8 Å². The van der Waals surface area contributed by atoms with Crippen molar-refractivity contribution in [1.82, 2.24) is 0 Å². The number of phenolic OH excluding ortho intramolecular Hbond substituents is 2. The molecule has 0 spiro atoms. The van der Waals surface area contributed by atoms with Gasteiger partial charge in [-0.3, -0.25) is 0 Å². The van der Waals surface area contributed by atoms with Crippen LogP contribution in [-0.2, 0) is 35.5 Å². The molecule has 3 N–H and O–H groups in total. The van der Waals surface area contributed by atoms with Gasteiger partial charge in [-0.25, -0.2) is 9.59 Å². The van der Waals surface area contributed by atoms with E-state index in [4.69, 9.17) is 33.3 Å². The van der Waals surface area contributed by atoms with Crippen LogP contribution in [0.5, 0.6) is 40.2 Å². The van der Waals surface area contributed by atoms with Gasteiger partial charge >= 0.3 is 18.1 Å². The summed E-state index contributed by atoms with van der Waals surface area (Å²) in [5, 5.41) is 30.1. The molecule has 123 heavy (non-hydrogen) atoms. The number of carbonyl (C=O) groups excluding carboxylic acids is 4. The Morgan fingerprint density at radius 1 is 0.341 bits per heavy atom. The zero-order valence-corrected chi connectivity index (χ0v) is 72.0. The molecule has 0 saturated carbocycles. The van der Waals surface area contributed by atoms with E-state index in [-0.39, 0.29) is 34.3 Å². The number of nitrogens with zero attached hydrogens (tertiary/aromatic N) is 4. The van der Waals surface area contributed by atoms with Gasteiger partial charge in [0.25, 0.3) is 0 Å². The normalized spacial score (nSPS) is 11.8. The van der Waals surface area contributed by atoms with Gasteiger partial charge in [-0.05, 0) is 201 Å². The van der Waals surface area contributed by atoms with Crippen LogP contribution >= 0.6 is 0 Å². The van der Waals surface area contributed by atoms with Crippen LogP contribution in [0.25, 0.3) is 0 Å². The predicted octanol–water partition coefficient (Wildman–Crippen LogP) is 24.6. The van der Waals surface area contributed by atoms with Crippen molar-refractivity contribution in [2.45, 2.75) is 71.8 Å². The fraction of sp³-hybridized carbons (Fsp3) is 0.171. The molecule has 2 heterocycles. The quantitative estimate of drug-likeness (QED) is 0.0769. The van der Waals surface area contributed by atoms with Crippen LogP contribution in [-0.4, -0.2) is 83.2 Å². The number of ether oxygens (including phenoxy) is 7. The van der Waals surface area contributed by atoms with Crippen molar-refractivity contribution >= 4 is 86.3 Å². The minimum absolute atomic E-state index is 0.0521. The maximum Gasteiger partial charge on any atom is 0.373 e. The lowest BCUT2D eigenvalue weighted by molar-refractivity contribution is -0.191. The van der Waals surface area contributed by atoms with Crippen molar-refractivity contribution in [2.75, 3.05) is 69.4 Å². The Hall–Kier alpha value is -14.8. The molecule has 0 atom stereocenters. The number of anilines is 12. The van der Waals surface area contributed by atoms with Gasteiger partial charge in [-0.15, -0.1) is 0 Å². The van der Waals surface area contributed by atoms with Crippen molar-refractivity contribution in [1.29, 1.82) is 0 Å². The number of aliphatic hydroxyl groups is 1. The minimum Gasteiger partial charge on any atom is -0.508 e. The smallest absolute Gasteiger partial charge is 0.373 e. The van der Waals surface area contributed by atoms with Crippen LogP contribution in [0.4, 0.5) is 68.2 Å². The molecule has 16 rings (SSSR count). The highest BCUT2D eigenvalue weighted by molar-refractivity contribution is 5.93. The molecule has 14 aromatic rings. The standard InChI is InChI=1S/C22H23NO2.C22H21NO.C21H19NO.C20H19NO.C10H12O3.C9H10O4.CO2/c1-22(2,24)20-15-14-19(25-3)16-21(20)23(17-10-6-4-7-11-17)18-12-8-5-9-13-18;1-22(2)18-11-7-8-12-20(18)23(16-9-5-4-6-10-16)21-15-17(24-3)13-14-19(21)22;1-21(2)17-10-6-7-11-19(17)22(15-8-4-3-5-9-15)20-14-16(23)12-13-18(20)21;1-16-13-14-19(22-2)15-20(16)21(17-9-5-3-6-10-17)18-11-7-4-8-12-18;1-7-6-8(12-2)4-5-9(7)10(11)13-3;1-12-6-3-4-7(8(10)5-6)9(11)13-2;2-1-3/h4-16,24H,1-3H3;4-15H,1-3H3;3-14,23H,1-2H3;3-15H,1-2H3;4-6H,1-3H3;3-5,10H,1-2H3;. The summed E-state index contributed by atoms with van der Waals surface area (Å²) in [5.74, 6) is 2.98. The Kier molecular flexibility index (Phi) is 31.0. The number of esters is 2. The molecule has 18 nitrogen and oxygen atoms in total. The van der Waals surface area contributed by atoms with E-state index in [0.29, 0.717) is 17.1 Å². The van der Waals surface area contributed by atoms with E-state index in [2.05, 4.69) is 258 Å². The first-order valence-corrected chi connectivity index (χ1v) is 39.8. The number of phenols is 2. The number of aromatic hydroxyl groups is 2. The van der Waals surface area contributed by atoms with Crippen LogP contribution in [0.15, 0.2) is 340 Å². The Morgan fingerprint density at radius 3 is 1.07 bits per heavy atom. The molecule has 0 radical (unpaired) electrons. The molecule has 0 aromatic heterocycles. The number of methoxy groups -OCH3 is 7. The summed E-state index contributed by atoms with van der Waals surface area (Å²) < 4.78 is 35.3. The second-order valence-corrected chi connectivity index (χ2v) is 29.9. The lowest BCUT2D eigenvalue weighted by atomic mass is 9.73. The first kappa shape index (κ1) is 90.5. The Bertz CT molecular complexity index is 5700. The molecule has 0 bridgehead atoms. The third kappa shape index (κ3) is 21.8. The third-order valence-corrected chi connectivity index (χ3v) is 20.9. The number of hydrogen-bond acceptors (Lipinski definition) is 18. The molecular weight excluding hydrogens is 1540 g/mol. The number of hydrogen-bond donors (Lipinski definition) is 3. The summed E-state index contributed by atoms with van der Waals surface area (Å²) in [7, 11) is 10.8. The van der Waals surface area contributed by atoms with Crippen LogP contribution in [0, 0.1) is 13.8 Å². The largest absolute Gasteiger partial charge is 0.508 e. The molecule has 0 aliphatic carbocycles. The van der Waals surface area contributed by atoms with Crippen molar-refractivity contribution in [3.63, 3.8) is 0 Å². The molecule has 18 heteroatoms. The van der Waals surface area contributed by atoms with E-state index in [1.165, 1.54) is 78.3 Å². The van der Waals surface area contributed by atoms with Crippen LogP contribution in [0.3, 0.4) is 0 Å². The lowest BCUT2D eigenvalue weighted by Gasteiger charge is -2.42. The van der Waals surface area contributed by atoms with Gasteiger partial charge in [0, 0.05) is 80.8 Å². The lowest BCUT2D eigenvalue weighted by Crippen LogP contribution is -2.30. The monoisotopic (exact) mass is 1640 g/mol. The van der Waals surface area contributed by atoms with E-state index in [9.17, 15) is 24.9 Å². The summed E-state index contributed by atoms with van der Waals surface area (Å²) in [6.45, 7) is 16.6. The van der Waals surface area contributed by atoms with Crippen molar-refractivity contribution < 1.29 is 67.7 Å². The zero-order chi connectivity index (χ0) is 88.4. The Balaban J connectivity index is 0.000000156. The number of benzene rings is 14. The van der Waals surface area contributed by atoms with Gasteiger partial charge in [0.15, 0.2) is 0 Å². The average Bonchev–Trinajstić information content (AvgIpc) is 0.729. The summed E-state index contributed by atoms with van der Waals surface area (Å²) in [6, 6.07) is 113. The molecule has 628 valence electrons. The van der Waals surface area contributed by atoms with Gasteiger partial charge in [0.05, 0.1) is 95.1 Å². The van der Waals surface area contributed by atoms with Gasteiger partial charge in [-0.2, -0.15) is 9.59 Å². The van der Waals surface area contributed by atoms with Crippen molar-refractivity contribution in [3.8, 4) is 40.2 Å². The van der Waals surface area contributed by atoms with Gasteiger partial charge < -0.3 is 68.1 Å². The second kappa shape index (κ2) is 42.2. The molecule has 0 amide bonds. The highest BCUT2D eigenvalue weighted by atomic mass is 16.5. The van der Waals surface area contributed by atoms with E-state index < -0.39 is 11.6 Å². The Morgan fingerprint density at radius 2 is 0.659 bits per heavy atom. The first-order chi connectivity index (χ1) is 59.3. The number of aryl methyl sites for hydroxylation is 2. The van der Waals surface area contributed by atoms with Crippen LogP contribution < -0.4 is 43.3 Å². The SMILES string of the molecule is CC1(C)c2ccccc2N(c2ccccc2)c2cc(O)ccc21.COC(=O)c1ccc(OC)cc1C.COC(=O)c1ccc(OC)cc1O.COc1ccc(C(C)(C)O)c(N(c2ccccc2)c2ccccc2)c1.COc1ccc(C)c(N(c2ccccc2)c2ccccc2)c1.COc1ccc2c(c1)N(c1ccccc1)c1ccccc1C2(C)C.O=C=O. The fourth-order valence-electron chi connectivity index (χ4n) is 14.7. The molecular formula is C105H104N4O14. The highest BCUT2D eigenvalue weighted by Crippen LogP contribution is 2.55. The van der Waals surface area contributed by atoms with Crippen LogP contribution in [0.2, 0.25) is 0 Å². The summed E-state index contributed by atoms with van der Waals surface area (Å²) >= 11 is 0. The number of carbonyl (C=O) groups is 2. The van der Waals surface area contributed by atoms with Gasteiger partial charge in [-0.1, -0.05) is 198 Å². The molecule has 0 saturated heterocycles. The van der Waals surface area contributed by atoms with Crippen LogP contribution in [0.1, 0.15) is 101 Å². The van der Waals surface area contributed by atoms with Crippen molar-refractivity contribution in [2.24, 2.45) is 0 Å². The Labute approximate surface area is 721 Å². The first-order valence-electron chi connectivity index (χ1n) is 39.8. The van der Waals surface area contributed by atoms with E-state index in [1.54, 1.807) is 72.6 Å². The average molecular weight is 1650 g/mol. The van der Waals surface area contributed by atoms with E-state index >= 15 is 0 Å². The molecule has 0 fully saturated rings. The minimum atomic E-state index is -0.983. The van der Waals surface area contributed by atoms with Crippen molar-refractivity contribution in [3.05, 3.63) is 390 Å². The summed E-state index contributed by atoms with van der Waals surface area (Å²) in [4.78, 5) is 47.4. The number of para-hydroxylation sites is 8. The topological polar surface area (TPSA) is 207 Å². The van der Waals surface area contributed by atoms with Gasteiger partial charge in [0.2, 0.25) is 0 Å². The highest BCUT2D eigenvalue weighted by Gasteiger charge is 2.39. The predicted molar refractivity (Wildman–Crippen MR) is 490 cm³/mol. The fourth-order valence-corrected chi connectivity index (χ4v) is 14.7. The molecule has 14 aromatic carbocycles. The molecule has 2 aliphatic rings. The van der Waals surface area contributed by atoms with E-state index in [0.717, 1.165) is 85.3 Å². The second-order valence-electron chi connectivity index (χ2n) is 29.9. The zero-order valence-electron chi connectivity index (χ0n) is 72.0. The molecule has 0 unspecified atom stereocenters. The maximum absolute atomic E-state index is 11.2. The summed E-state index contributed by atoms with van der Waals surface area (Å²) in [6.07, 6.45) is 0.250. The van der Waals surface area contributed by atoms with E-state index in [1.807, 2.05) is 110 Å².